The summed E-state index contributed by atoms with van der Waals surface area (Å²) in [6.45, 7) is 4.49. The Hall–Kier alpha value is -4.17. The molecule has 1 aromatic carbocycles. The van der Waals surface area contributed by atoms with Crippen LogP contribution in [-0.2, 0) is 9.53 Å². The molecule has 0 spiro atoms. The fourth-order valence-corrected chi connectivity index (χ4v) is 4.11. The van der Waals surface area contributed by atoms with Gasteiger partial charge in [-0.1, -0.05) is 12.0 Å². The Labute approximate surface area is 220 Å². The first-order chi connectivity index (χ1) is 17.6. The van der Waals surface area contributed by atoms with Crippen molar-refractivity contribution >= 4 is 53.2 Å². The number of fused-ring (bicyclic) bond motifs is 1. The smallest absolute Gasteiger partial charge is 0.267 e. The van der Waals surface area contributed by atoms with E-state index in [4.69, 9.17) is 11.2 Å². The van der Waals surface area contributed by atoms with Gasteiger partial charge in [-0.15, -0.1) is 18.8 Å². The predicted molar refractivity (Wildman–Crippen MR) is 144 cm³/mol. The molecule has 1 saturated heterocycles. The second kappa shape index (κ2) is 11.7. The standard InChI is InChI=1S/C26H25N7O3.ClH/c1-2-17-4-3-5-18(14-17)31-23-22-20(25(34)32-24(22)29-16-28-23)15-19-6-7-21(30-19)26(35)27-8-9-33-10-12-36-13-11-33;/h1,3-7,14-16,30H,8-13H2,(H,27,35)(H2,28,29,31,32,34);1H/b20-15-;. The normalized spacial score (nSPS) is 15.9. The van der Waals surface area contributed by atoms with E-state index in [0.29, 0.717) is 40.7 Å². The largest absolute Gasteiger partial charge is 0.379 e. The number of hydrogen-bond donors (Lipinski definition) is 4. The molecule has 3 aromatic rings. The maximum absolute atomic E-state index is 12.8. The van der Waals surface area contributed by atoms with Crippen molar-refractivity contribution < 1.29 is 14.3 Å². The lowest BCUT2D eigenvalue weighted by Crippen LogP contribution is -2.41. The first kappa shape index (κ1) is 25.9. The molecular formula is C26H26ClN7O3. The van der Waals surface area contributed by atoms with Crippen molar-refractivity contribution in [3.8, 4) is 12.3 Å². The van der Waals surface area contributed by atoms with E-state index in [2.05, 4.69) is 41.7 Å². The summed E-state index contributed by atoms with van der Waals surface area (Å²) in [5, 5.41) is 8.92. The Balaban J connectivity index is 0.00000320. The molecule has 11 heteroatoms. The number of nitrogens with one attached hydrogen (secondary N) is 4. The summed E-state index contributed by atoms with van der Waals surface area (Å²) in [5.74, 6) is 2.96. The number of aromatic nitrogens is 3. The van der Waals surface area contributed by atoms with Crippen LogP contribution >= 0.6 is 12.4 Å². The van der Waals surface area contributed by atoms with E-state index in [1.165, 1.54) is 6.33 Å². The summed E-state index contributed by atoms with van der Waals surface area (Å²) in [6, 6.07) is 10.8. The summed E-state index contributed by atoms with van der Waals surface area (Å²) in [6.07, 6.45) is 8.56. The number of ether oxygens (including phenoxy) is 1. The van der Waals surface area contributed by atoms with E-state index in [0.717, 1.165) is 44.1 Å². The number of amides is 2. The van der Waals surface area contributed by atoms with Crippen molar-refractivity contribution in [2.24, 2.45) is 0 Å². The lowest BCUT2D eigenvalue weighted by atomic mass is 10.1. The van der Waals surface area contributed by atoms with E-state index in [9.17, 15) is 9.59 Å². The number of morpholine rings is 1. The average molecular weight is 520 g/mol. The summed E-state index contributed by atoms with van der Waals surface area (Å²) in [5.41, 5.74) is 3.40. The molecule has 10 nitrogen and oxygen atoms in total. The van der Waals surface area contributed by atoms with Crippen molar-refractivity contribution in [3.63, 3.8) is 0 Å². The molecule has 5 rings (SSSR count). The van der Waals surface area contributed by atoms with Gasteiger partial charge in [-0.2, -0.15) is 0 Å². The van der Waals surface area contributed by atoms with Gasteiger partial charge in [-0.25, -0.2) is 9.97 Å². The van der Waals surface area contributed by atoms with E-state index < -0.39 is 0 Å². The maximum atomic E-state index is 12.8. The van der Waals surface area contributed by atoms with Crippen molar-refractivity contribution in [1.82, 2.24) is 25.2 Å². The van der Waals surface area contributed by atoms with Gasteiger partial charge in [0.05, 0.1) is 24.4 Å². The number of rotatable bonds is 7. The van der Waals surface area contributed by atoms with Crippen LogP contribution < -0.4 is 16.0 Å². The summed E-state index contributed by atoms with van der Waals surface area (Å²) in [4.78, 5) is 39.2. The number of H-pyrrole nitrogens is 1. The highest BCUT2D eigenvalue weighted by atomic mass is 35.5. The van der Waals surface area contributed by atoms with Crippen LogP contribution in [-0.4, -0.2) is 71.1 Å². The summed E-state index contributed by atoms with van der Waals surface area (Å²) >= 11 is 0. The molecule has 190 valence electrons. The van der Waals surface area contributed by atoms with Gasteiger partial charge in [0.25, 0.3) is 11.8 Å². The monoisotopic (exact) mass is 519 g/mol. The molecule has 0 atom stereocenters. The molecule has 4 heterocycles. The van der Waals surface area contributed by atoms with Crippen LogP contribution in [0.15, 0.2) is 42.7 Å². The van der Waals surface area contributed by atoms with Crippen molar-refractivity contribution in [3.05, 3.63) is 65.2 Å². The minimum atomic E-state index is -0.308. The highest BCUT2D eigenvalue weighted by Crippen LogP contribution is 2.36. The van der Waals surface area contributed by atoms with Gasteiger partial charge in [0, 0.05) is 43.1 Å². The van der Waals surface area contributed by atoms with Crippen LogP contribution in [0.1, 0.15) is 27.3 Å². The van der Waals surface area contributed by atoms with Gasteiger partial charge < -0.3 is 25.7 Å². The van der Waals surface area contributed by atoms with Crippen LogP contribution in [0.25, 0.3) is 11.6 Å². The molecule has 0 radical (unpaired) electrons. The van der Waals surface area contributed by atoms with Crippen molar-refractivity contribution in [2.45, 2.75) is 0 Å². The first-order valence-electron chi connectivity index (χ1n) is 11.6. The zero-order chi connectivity index (χ0) is 24.9. The summed E-state index contributed by atoms with van der Waals surface area (Å²) < 4.78 is 5.34. The summed E-state index contributed by atoms with van der Waals surface area (Å²) in [7, 11) is 0. The number of carbonyl (C=O) groups excluding carboxylic acids is 2. The Kier molecular flexibility index (Phi) is 8.20. The van der Waals surface area contributed by atoms with Crippen LogP contribution in [0.4, 0.5) is 17.3 Å². The van der Waals surface area contributed by atoms with Gasteiger partial charge in [0.2, 0.25) is 0 Å². The zero-order valence-corrected chi connectivity index (χ0v) is 20.7. The number of carbonyl (C=O) groups is 2. The molecule has 0 saturated carbocycles. The van der Waals surface area contributed by atoms with Gasteiger partial charge in [-0.05, 0) is 36.4 Å². The third kappa shape index (κ3) is 5.98. The molecular weight excluding hydrogens is 494 g/mol. The van der Waals surface area contributed by atoms with E-state index >= 15 is 0 Å². The fraction of sp³-hybridized carbons (Fsp3) is 0.231. The third-order valence-electron chi connectivity index (χ3n) is 5.96. The molecule has 0 bridgehead atoms. The van der Waals surface area contributed by atoms with Crippen LogP contribution in [0.2, 0.25) is 0 Å². The van der Waals surface area contributed by atoms with E-state index in [-0.39, 0.29) is 24.2 Å². The van der Waals surface area contributed by atoms with Crippen LogP contribution in [0.5, 0.6) is 0 Å². The van der Waals surface area contributed by atoms with E-state index in [1.807, 2.05) is 24.3 Å². The highest BCUT2D eigenvalue weighted by Gasteiger charge is 2.29. The maximum Gasteiger partial charge on any atom is 0.267 e. The number of halogens is 1. The van der Waals surface area contributed by atoms with E-state index in [1.54, 1.807) is 18.2 Å². The van der Waals surface area contributed by atoms with Gasteiger partial charge in [-0.3, -0.25) is 14.5 Å². The SMILES string of the molecule is C#Cc1cccc(Nc2ncnc3c2/C(=C/c2ccc(C(=O)NCCN4CCOCC4)[nH]2)C(=O)N3)c1.Cl. The van der Waals surface area contributed by atoms with Gasteiger partial charge in [0.1, 0.15) is 23.7 Å². The lowest BCUT2D eigenvalue weighted by Gasteiger charge is -2.26. The topological polar surface area (TPSA) is 124 Å². The Morgan fingerprint density at radius 3 is 2.86 bits per heavy atom. The lowest BCUT2D eigenvalue weighted by molar-refractivity contribution is -0.110. The van der Waals surface area contributed by atoms with Crippen LogP contribution in [0, 0.1) is 12.3 Å². The minimum Gasteiger partial charge on any atom is -0.379 e. The number of hydrogen-bond acceptors (Lipinski definition) is 7. The van der Waals surface area contributed by atoms with Crippen molar-refractivity contribution in [1.29, 1.82) is 0 Å². The van der Waals surface area contributed by atoms with Crippen molar-refractivity contribution in [2.75, 3.05) is 50.0 Å². The average Bonchev–Trinajstić information content (AvgIpc) is 3.50. The Bertz CT molecular complexity index is 1370. The predicted octanol–water partition coefficient (Wildman–Crippen LogP) is 2.51. The molecule has 0 unspecified atom stereocenters. The molecule has 1 fully saturated rings. The molecule has 4 N–H and O–H groups in total. The number of anilines is 3. The number of aromatic amines is 1. The number of benzene rings is 1. The molecule has 2 amide bonds. The molecule has 2 aromatic heterocycles. The first-order valence-corrected chi connectivity index (χ1v) is 11.6. The van der Waals surface area contributed by atoms with Crippen LogP contribution in [0.3, 0.4) is 0 Å². The minimum absolute atomic E-state index is 0. The van der Waals surface area contributed by atoms with Gasteiger partial charge >= 0.3 is 0 Å². The van der Waals surface area contributed by atoms with Gasteiger partial charge in [0.15, 0.2) is 0 Å². The molecule has 37 heavy (non-hydrogen) atoms. The number of terminal acetylenes is 1. The Morgan fingerprint density at radius 2 is 2.05 bits per heavy atom. The fourth-order valence-electron chi connectivity index (χ4n) is 4.11. The Morgan fingerprint density at radius 1 is 1.22 bits per heavy atom. The molecule has 0 aliphatic carbocycles. The third-order valence-corrected chi connectivity index (χ3v) is 5.96. The zero-order valence-electron chi connectivity index (χ0n) is 19.9. The quantitative estimate of drug-likeness (QED) is 0.279. The molecule has 2 aliphatic rings. The molecule has 2 aliphatic heterocycles. The number of nitrogens with zero attached hydrogens (tertiary/aromatic N) is 3. The second-order valence-corrected chi connectivity index (χ2v) is 8.35. The highest BCUT2D eigenvalue weighted by molar-refractivity contribution is 6.35. The second-order valence-electron chi connectivity index (χ2n) is 8.35.